The van der Waals surface area contributed by atoms with Crippen molar-refractivity contribution in [1.29, 1.82) is 0 Å². The summed E-state index contributed by atoms with van der Waals surface area (Å²) in [6.07, 6.45) is 0. The number of hydrogen-bond donors (Lipinski definition) is 0. The van der Waals surface area contributed by atoms with E-state index < -0.39 is 10.8 Å². The predicted octanol–water partition coefficient (Wildman–Crippen LogP) is 36.4. The number of nitrogens with zero attached hydrogens (tertiary/aromatic N) is 2. The number of hydrogen-bond acceptors (Lipinski definition) is 4. The molecular formula is C134H84N2O2. The molecule has 0 amide bonds. The highest BCUT2D eigenvalue weighted by atomic mass is 16.3. The Morgan fingerprint density at radius 2 is 0.543 bits per heavy atom. The van der Waals surface area contributed by atoms with E-state index >= 15 is 0 Å². The fourth-order valence-corrected chi connectivity index (χ4v) is 24.2. The summed E-state index contributed by atoms with van der Waals surface area (Å²) in [7, 11) is 0. The minimum absolute atomic E-state index is 0.677. The highest BCUT2D eigenvalue weighted by molar-refractivity contribution is 6.27. The van der Waals surface area contributed by atoms with Gasteiger partial charge in [-0.05, 0) is 215 Å². The molecule has 4 nitrogen and oxygen atoms in total. The van der Waals surface area contributed by atoms with Crippen molar-refractivity contribution >= 4 is 143 Å². The van der Waals surface area contributed by atoms with Gasteiger partial charge in [0.2, 0.25) is 0 Å². The van der Waals surface area contributed by atoms with Gasteiger partial charge in [-0.15, -0.1) is 0 Å². The molecule has 0 aliphatic heterocycles. The maximum Gasteiger partial charge on any atom is 0.143 e. The Hall–Kier alpha value is -18.0. The van der Waals surface area contributed by atoms with Crippen LogP contribution in [0.15, 0.2) is 518 Å². The van der Waals surface area contributed by atoms with E-state index in [9.17, 15) is 0 Å². The van der Waals surface area contributed by atoms with Crippen LogP contribution in [0.2, 0.25) is 0 Å². The first-order valence-corrected chi connectivity index (χ1v) is 47.7. The van der Waals surface area contributed by atoms with E-state index in [1.165, 1.54) is 110 Å². The molecule has 0 spiro atoms. The van der Waals surface area contributed by atoms with Gasteiger partial charge in [0.15, 0.2) is 0 Å². The van der Waals surface area contributed by atoms with Crippen molar-refractivity contribution in [2.75, 3.05) is 9.80 Å². The molecule has 24 aromatic carbocycles. The van der Waals surface area contributed by atoms with Crippen molar-refractivity contribution in [2.45, 2.75) is 10.8 Å². The highest BCUT2D eigenvalue weighted by Gasteiger charge is 2.49. The van der Waals surface area contributed by atoms with Crippen molar-refractivity contribution in [1.82, 2.24) is 0 Å². The second kappa shape index (κ2) is 31.3. The summed E-state index contributed by atoms with van der Waals surface area (Å²) in [5.41, 5.74) is 33.8. The SMILES string of the molecule is c1ccc(C2(c3cccc(-c4ccc5c(-c6c(N(c7cccc(-c8cccc9c8oc8ccccc89)c7)c7cccc8c7-c7ccccc7C8(c7ccccc7)c7ccccc7)c7ccccc7c7ccccc67)cccc5c4)c3)c3ccccc3-c3cc(N(c4ccc(-c5cccc6c5oc5ccccc56)cc4)c4c(-c5cccc6ccccc56)c5ccccc5c5ccccc45)ccc32)cc1. The van der Waals surface area contributed by atoms with Crippen LogP contribution in [-0.2, 0) is 10.8 Å². The molecule has 2 aliphatic rings. The van der Waals surface area contributed by atoms with Crippen LogP contribution in [0.4, 0.5) is 34.1 Å². The molecule has 642 valence electrons. The van der Waals surface area contributed by atoms with Crippen molar-refractivity contribution < 1.29 is 8.83 Å². The van der Waals surface area contributed by atoms with Gasteiger partial charge in [0.05, 0.1) is 27.9 Å². The number of fused-ring (bicyclic) bond motifs is 20. The summed E-state index contributed by atoms with van der Waals surface area (Å²) in [6, 6.07) is 190. The number of furan rings is 2. The molecule has 1 unspecified atom stereocenters. The third-order valence-corrected chi connectivity index (χ3v) is 30.0. The highest BCUT2D eigenvalue weighted by Crippen LogP contribution is 2.64. The van der Waals surface area contributed by atoms with Gasteiger partial charge in [0, 0.05) is 77.2 Å². The van der Waals surface area contributed by atoms with Gasteiger partial charge in [-0.1, -0.05) is 443 Å². The molecular weight excluding hydrogens is 1670 g/mol. The van der Waals surface area contributed by atoms with E-state index in [4.69, 9.17) is 8.83 Å². The quantitative estimate of drug-likeness (QED) is 0.0958. The normalized spacial score (nSPS) is 13.6. The van der Waals surface area contributed by atoms with Crippen molar-refractivity contribution in [2.24, 2.45) is 0 Å². The van der Waals surface area contributed by atoms with Gasteiger partial charge < -0.3 is 18.6 Å². The van der Waals surface area contributed by atoms with Crippen LogP contribution in [0, 0.1) is 0 Å². The Morgan fingerprint density at radius 1 is 0.167 bits per heavy atom. The lowest BCUT2D eigenvalue weighted by Crippen LogP contribution is -2.28. The lowest BCUT2D eigenvalue weighted by atomic mass is 9.67. The van der Waals surface area contributed by atoms with Crippen LogP contribution in [0.1, 0.15) is 44.5 Å². The van der Waals surface area contributed by atoms with Crippen LogP contribution < -0.4 is 9.80 Å². The second-order valence-electron chi connectivity index (χ2n) is 36.9. The molecule has 2 heterocycles. The summed E-state index contributed by atoms with van der Waals surface area (Å²) in [5.74, 6) is 0. The molecule has 2 aromatic heterocycles. The van der Waals surface area contributed by atoms with E-state index in [-0.39, 0.29) is 0 Å². The monoisotopic (exact) mass is 1750 g/mol. The molecule has 0 radical (unpaired) electrons. The zero-order chi connectivity index (χ0) is 90.7. The predicted molar refractivity (Wildman–Crippen MR) is 577 cm³/mol. The van der Waals surface area contributed by atoms with E-state index in [0.29, 0.717) is 0 Å². The van der Waals surface area contributed by atoms with Gasteiger partial charge in [-0.3, -0.25) is 0 Å². The molecule has 0 fully saturated rings. The number of para-hydroxylation sites is 4. The van der Waals surface area contributed by atoms with Crippen LogP contribution in [0.25, 0.3) is 186 Å². The van der Waals surface area contributed by atoms with Crippen LogP contribution >= 0.6 is 0 Å². The van der Waals surface area contributed by atoms with Crippen molar-refractivity contribution in [3.05, 3.63) is 554 Å². The molecule has 2 aliphatic carbocycles. The Morgan fingerprint density at radius 3 is 1.16 bits per heavy atom. The summed E-state index contributed by atoms with van der Waals surface area (Å²) in [6.45, 7) is 0. The first-order chi connectivity index (χ1) is 68.5. The molecule has 0 bridgehead atoms. The largest absolute Gasteiger partial charge is 0.455 e. The molecule has 0 saturated carbocycles. The first kappa shape index (κ1) is 78.7. The van der Waals surface area contributed by atoms with Gasteiger partial charge in [-0.25, -0.2) is 0 Å². The number of anilines is 6. The maximum atomic E-state index is 6.93. The molecule has 1 atom stereocenters. The minimum Gasteiger partial charge on any atom is -0.455 e. The molecule has 138 heavy (non-hydrogen) atoms. The Kier molecular flexibility index (Phi) is 17.9. The molecule has 0 N–H and O–H groups in total. The van der Waals surface area contributed by atoms with Gasteiger partial charge in [0.1, 0.15) is 22.3 Å². The average molecular weight is 1750 g/mol. The van der Waals surface area contributed by atoms with Crippen LogP contribution in [0.3, 0.4) is 0 Å². The standard InChI is InChI=1S/C134H84N2O2/c1-4-40-91(41-5-1)133(92-42-6-2-7-43-92)120-68-25-21-60-117(120)128-122(133)69-34-70-123(128)136(96-47-29-38-90(83-96)101-62-33-66-116-108-55-23-27-72-125(108)138-132(101)116)130-114-59-19-15-52-105(114)103-50-13-17-57-112(103)127(130)110-64-31-39-89-81-88(75-79-99(89)110)87-37-28-46-94(82-87)134(93-44-8-3-9-45-93)119-67-24-20-53-106(119)118-84-97(78-80-121(118)134)135(95-76-73-86(74-77-95)100-61-32-65-115-107-54-22-26-71-124(107)137-131(100)115)129-113-58-18-14-51-104(113)102-49-12-16-56-111(102)126(129)109-63-30-36-85-35-10-11-48-98(85)109/h1-84H. The molecule has 0 saturated heterocycles. The maximum absolute atomic E-state index is 6.93. The van der Waals surface area contributed by atoms with Crippen LogP contribution in [0.5, 0.6) is 0 Å². The van der Waals surface area contributed by atoms with Crippen LogP contribution in [-0.4, -0.2) is 0 Å². The van der Waals surface area contributed by atoms with E-state index in [1.807, 2.05) is 0 Å². The minimum atomic E-state index is -0.773. The summed E-state index contributed by atoms with van der Waals surface area (Å²) >= 11 is 0. The summed E-state index contributed by atoms with van der Waals surface area (Å²) < 4.78 is 13.7. The lowest BCUT2D eigenvalue weighted by Gasteiger charge is -2.35. The molecule has 26 aromatic rings. The topological polar surface area (TPSA) is 32.8 Å². The first-order valence-electron chi connectivity index (χ1n) is 47.7. The summed E-state index contributed by atoms with van der Waals surface area (Å²) in [5, 5.41) is 18.4. The second-order valence-corrected chi connectivity index (χ2v) is 36.9. The molecule has 28 rings (SSSR count). The Bertz CT molecular complexity index is 9450. The third kappa shape index (κ3) is 11.7. The van der Waals surface area contributed by atoms with Gasteiger partial charge in [0.25, 0.3) is 0 Å². The number of benzene rings is 24. The van der Waals surface area contributed by atoms with E-state index in [2.05, 4.69) is 519 Å². The van der Waals surface area contributed by atoms with Crippen molar-refractivity contribution in [3.63, 3.8) is 0 Å². The number of rotatable bonds is 15. The van der Waals surface area contributed by atoms with E-state index in [0.717, 1.165) is 155 Å². The molecule has 4 heteroatoms. The van der Waals surface area contributed by atoms with Gasteiger partial charge >= 0.3 is 0 Å². The summed E-state index contributed by atoms with van der Waals surface area (Å²) in [4.78, 5) is 5.19. The lowest BCUT2D eigenvalue weighted by molar-refractivity contribution is 0.669. The zero-order valence-corrected chi connectivity index (χ0v) is 75.2. The zero-order valence-electron chi connectivity index (χ0n) is 75.2. The van der Waals surface area contributed by atoms with E-state index in [1.54, 1.807) is 0 Å². The average Bonchev–Trinajstić information content (AvgIpc) is 1.49. The smallest absolute Gasteiger partial charge is 0.143 e. The van der Waals surface area contributed by atoms with Crippen molar-refractivity contribution in [3.8, 4) is 77.9 Å². The Balaban J connectivity index is 0.636. The van der Waals surface area contributed by atoms with Gasteiger partial charge in [-0.2, -0.15) is 0 Å². The Labute approximate surface area is 798 Å². The fourth-order valence-electron chi connectivity index (χ4n) is 24.2. The third-order valence-electron chi connectivity index (χ3n) is 30.0. The fraction of sp³-hybridized carbons (Fsp3) is 0.0149.